The van der Waals surface area contributed by atoms with Crippen molar-refractivity contribution in [3.05, 3.63) is 23.3 Å². The van der Waals surface area contributed by atoms with E-state index < -0.39 is 0 Å². The van der Waals surface area contributed by atoms with Crippen molar-refractivity contribution in [3.63, 3.8) is 0 Å². The van der Waals surface area contributed by atoms with Gasteiger partial charge in [0.05, 0.1) is 13.2 Å². The highest BCUT2D eigenvalue weighted by atomic mass is 79.9. The minimum Gasteiger partial charge on any atom is -0.493 e. The number of benzene rings is 1. The fraction of sp³-hybridized carbons (Fsp3) is 0.727. The van der Waals surface area contributed by atoms with Crippen molar-refractivity contribution in [2.75, 3.05) is 13.2 Å². The zero-order chi connectivity index (χ0) is 19.0. The molecular formula is C22H36Br2O2. The van der Waals surface area contributed by atoms with Crippen molar-refractivity contribution in [2.24, 2.45) is 0 Å². The number of unbranched alkanes of at least 4 members (excludes halogenated alkanes) is 8. The number of hydrogen-bond acceptors (Lipinski definition) is 2. The molecule has 0 atom stereocenters. The Kier molecular flexibility index (Phi) is 14.5. The van der Waals surface area contributed by atoms with Gasteiger partial charge in [0, 0.05) is 21.8 Å². The molecule has 0 bridgehead atoms. The monoisotopic (exact) mass is 490 g/mol. The van der Waals surface area contributed by atoms with Gasteiger partial charge < -0.3 is 9.47 Å². The lowest BCUT2D eigenvalue weighted by molar-refractivity contribution is 0.293. The van der Waals surface area contributed by atoms with Crippen LogP contribution in [0.15, 0.2) is 12.1 Å². The Labute approximate surface area is 177 Å². The third kappa shape index (κ3) is 9.64. The van der Waals surface area contributed by atoms with E-state index >= 15 is 0 Å². The van der Waals surface area contributed by atoms with Crippen LogP contribution in [0.3, 0.4) is 0 Å². The molecule has 0 heterocycles. The van der Waals surface area contributed by atoms with Crippen molar-refractivity contribution < 1.29 is 9.47 Å². The fourth-order valence-electron chi connectivity index (χ4n) is 2.90. The third-order valence-electron chi connectivity index (χ3n) is 4.54. The van der Waals surface area contributed by atoms with Crippen LogP contribution >= 0.6 is 31.9 Å². The number of ether oxygens (including phenoxy) is 2. The summed E-state index contributed by atoms with van der Waals surface area (Å²) in [5, 5.41) is 1.57. The molecule has 0 fully saturated rings. The highest BCUT2D eigenvalue weighted by molar-refractivity contribution is 9.08. The van der Waals surface area contributed by atoms with E-state index in [1.807, 2.05) is 0 Å². The molecule has 150 valence electrons. The molecule has 0 aliphatic heterocycles. The van der Waals surface area contributed by atoms with Gasteiger partial charge in [-0.05, 0) is 25.0 Å². The Hall–Kier alpha value is -0.220. The Bertz CT molecular complexity index is 434. The first kappa shape index (κ1) is 23.8. The molecule has 0 N–H and O–H groups in total. The second kappa shape index (κ2) is 15.8. The summed E-state index contributed by atoms with van der Waals surface area (Å²) in [7, 11) is 0. The minimum atomic E-state index is 0.785. The molecule has 0 unspecified atom stereocenters. The quantitative estimate of drug-likeness (QED) is 0.171. The molecule has 0 aromatic heterocycles. The van der Waals surface area contributed by atoms with Crippen molar-refractivity contribution in [3.8, 4) is 11.5 Å². The third-order valence-corrected chi connectivity index (χ3v) is 5.75. The van der Waals surface area contributed by atoms with E-state index in [4.69, 9.17) is 9.47 Å². The van der Waals surface area contributed by atoms with Crippen LogP contribution in [0, 0.1) is 0 Å². The second-order valence-corrected chi connectivity index (χ2v) is 7.98. The highest BCUT2D eigenvalue weighted by Gasteiger charge is 2.11. The van der Waals surface area contributed by atoms with Crippen LogP contribution in [0.5, 0.6) is 11.5 Å². The van der Waals surface area contributed by atoms with Gasteiger partial charge in [-0.3, -0.25) is 0 Å². The van der Waals surface area contributed by atoms with E-state index in [0.29, 0.717) is 0 Å². The molecule has 0 saturated heterocycles. The molecule has 0 spiro atoms. The fourth-order valence-corrected chi connectivity index (χ4v) is 3.77. The first-order chi connectivity index (χ1) is 12.8. The zero-order valence-electron chi connectivity index (χ0n) is 16.6. The lowest BCUT2D eigenvalue weighted by Crippen LogP contribution is -2.04. The summed E-state index contributed by atoms with van der Waals surface area (Å²) in [5.41, 5.74) is 2.34. The van der Waals surface area contributed by atoms with E-state index in [2.05, 4.69) is 57.8 Å². The molecule has 1 aromatic rings. The van der Waals surface area contributed by atoms with Gasteiger partial charge >= 0.3 is 0 Å². The summed E-state index contributed by atoms with van der Waals surface area (Å²) in [5.74, 6) is 1.98. The van der Waals surface area contributed by atoms with Crippen molar-refractivity contribution >= 4 is 31.9 Å². The van der Waals surface area contributed by atoms with Gasteiger partial charge in [-0.25, -0.2) is 0 Å². The van der Waals surface area contributed by atoms with Crippen LogP contribution < -0.4 is 9.47 Å². The Balaban J connectivity index is 2.53. The van der Waals surface area contributed by atoms with E-state index in [-0.39, 0.29) is 0 Å². The zero-order valence-corrected chi connectivity index (χ0v) is 19.8. The molecule has 0 saturated carbocycles. The van der Waals surface area contributed by atoms with Crippen molar-refractivity contribution in [2.45, 2.75) is 88.7 Å². The highest BCUT2D eigenvalue weighted by Crippen LogP contribution is 2.32. The summed E-state index contributed by atoms with van der Waals surface area (Å²) in [6, 6.07) is 4.29. The average molecular weight is 492 g/mol. The maximum absolute atomic E-state index is 6.07. The SMILES string of the molecule is CCCCCCCOc1cc(CBr)c(OCCCCCCC)cc1CBr. The topological polar surface area (TPSA) is 18.5 Å². The van der Waals surface area contributed by atoms with Crippen LogP contribution in [-0.2, 0) is 10.7 Å². The van der Waals surface area contributed by atoms with Gasteiger partial charge in [0.1, 0.15) is 11.5 Å². The first-order valence-corrected chi connectivity index (χ1v) is 12.5. The second-order valence-electron chi connectivity index (χ2n) is 6.86. The molecule has 0 amide bonds. The number of alkyl halides is 2. The van der Waals surface area contributed by atoms with Crippen molar-refractivity contribution in [1.82, 2.24) is 0 Å². The number of hydrogen-bond donors (Lipinski definition) is 0. The number of halogens is 2. The maximum Gasteiger partial charge on any atom is 0.123 e. The molecule has 0 radical (unpaired) electrons. The largest absolute Gasteiger partial charge is 0.493 e. The van der Waals surface area contributed by atoms with Gasteiger partial charge in [-0.15, -0.1) is 0 Å². The predicted molar refractivity (Wildman–Crippen MR) is 120 cm³/mol. The van der Waals surface area contributed by atoms with Crippen LogP contribution in [-0.4, -0.2) is 13.2 Å². The van der Waals surface area contributed by atoms with Gasteiger partial charge in [-0.1, -0.05) is 97.1 Å². The van der Waals surface area contributed by atoms with Crippen LogP contribution in [0.25, 0.3) is 0 Å². The molecule has 2 nitrogen and oxygen atoms in total. The Morgan fingerprint density at radius 3 is 1.35 bits per heavy atom. The average Bonchev–Trinajstić information content (AvgIpc) is 2.67. The van der Waals surface area contributed by atoms with Crippen molar-refractivity contribution in [1.29, 1.82) is 0 Å². The molecule has 26 heavy (non-hydrogen) atoms. The summed E-state index contributed by atoms with van der Waals surface area (Å²) in [6.07, 6.45) is 12.6. The molecule has 4 heteroatoms. The smallest absolute Gasteiger partial charge is 0.123 e. The van der Waals surface area contributed by atoms with Crippen LogP contribution in [0.4, 0.5) is 0 Å². The summed E-state index contributed by atoms with van der Waals surface area (Å²) in [6.45, 7) is 6.08. The lowest BCUT2D eigenvalue weighted by Gasteiger charge is -2.16. The molecular weight excluding hydrogens is 456 g/mol. The molecule has 0 aliphatic carbocycles. The minimum absolute atomic E-state index is 0.785. The van der Waals surface area contributed by atoms with E-state index in [0.717, 1.165) is 48.2 Å². The van der Waals surface area contributed by atoms with E-state index in [9.17, 15) is 0 Å². The Morgan fingerprint density at radius 2 is 1.00 bits per heavy atom. The number of rotatable bonds is 16. The maximum atomic E-state index is 6.07. The lowest BCUT2D eigenvalue weighted by atomic mass is 10.1. The molecule has 1 aromatic carbocycles. The van der Waals surface area contributed by atoms with Gasteiger partial charge in [0.25, 0.3) is 0 Å². The van der Waals surface area contributed by atoms with Crippen LogP contribution in [0.2, 0.25) is 0 Å². The van der Waals surface area contributed by atoms with E-state index in [1.165, 1.54) is 62.5 Å². The predicted octanol–water partition coefficient (Wildman–Crippen LogP) is 8.17. The van der Waals surface area contributed by atoms with Crippen LogP contribution in [0.1, 0.15) is 89.2 Å². The summed E-state index contributed by atoms with van der Waals surface area (Å²) >= 11 is 7.19. The van der Waals surface area contributed by atoms with Gasteiger partial charge in [0.2, 0.25) is 0 Å². The first-order valence-electron chi connectivity index (χ1n) is 10.3. The van der Waals surface area contributed by atoms with Gasteiger partial charge in [0.15, 0.2) is 0 Å². The molecule has 0 aliphatic rings. The van der Waals surface area contributed by atoms with E-state index in [1.54, 1.807) is 0 Å². The normalized spacial score (nSPS) is 10.9. The summed E-state index contributed by atoms with van der Waals surface area (Å²) in [4.78, 5) is 0. The molecule has 1 rings (SSSR count). The van der Waals surface area contributed by atoms with Gasteiger partial charge in [-0.2, -0.15) is 0 Å². The summed E-state index contributed by atoms with van der Waals surface area (Å²) < 4.78 is 12.1. The Morgan fingerprint density at radius 1 is 0.615 bits per heavy atom. The standard InChI is InChI=1S/C22H36Br2O2/c1-3-5-7-9-11-13-25-21-15-20(18-24)22(16-19(21)17-23)26-14-12-10-8-6-4-2/h15-16H,3-14,17-18H2,1-2H3.